The molecule has 2 amide bonds. The molecule has 0 aliphatic carbocycles. The van der Waals surface area contributed by atoms with Crippen LogP contribution in [0.2, 0.25) is 15.1 Å². The normalized spacial score (nSPS) is 16.0. The van der Waals surface area contributed by atoms with Crippen LogP contribution in [0.5, 0.6) is 0 Å². The summed E-state index contributed by atoms with van der Waals surface area (Å²) in [7, 11) is -4.15. The summed E-state index contributed by atoms with van der Waals surface area (Å²) in [6.07, 6.45) is 0.299. The summed E-state index contributed by atoms with van der Waals surface area (Å²) in [5.74, 6) is -0.828. The van der Waals surface area contributed by atoms with E-state index < -0.39 is 33.9 Å². The van der Waals surface area contributed by atoms with Gasteiger partial charge in [0.15, 0.2) is 0 Å². The first-order valence-corrected chi connectivity index (χ1v) is 13.6. The minimum Gasteiger partial charge on any atom is -0.350 e. The van der Waals surface area contributed by atoms with Gasteiger partial charge < -0.3 is 16.4 Å². The largest absolute Gasteiger partial charge is 0.350 e. The Morgan fingerprint density at radius 3 is 2.41 bits per heavy atom. The predicted molar refractivity (Wildman–Crippen MR) is 144 cm³/mol. The Kier molecular flexibility index (Phi) is 7.96. The Balaban J connectivity index is 1.73. The number of halogens is 3. The maximum Gasteiger partial charge on any atom is 0.265 e. The van der Waals surface area contributed by atoms with E-state index >= 15 is 0 Å². The Hall–Kier alpha value is -2.89. The average molecular weight is 583 g/mol. The number of sulfonamides is 1. The van der Waals surface area contributed by atoms with Gasteiger partial charge in [-0.3, -0.25) is 9.59 Å². The molecule has 194 valence electrons. The van der Waals surface area contributed by atoms with E-state index in [0.29, 0.717) is 12.0 Å². The second-order valence-electron chi connectivity index (χ2n) is 8.42. The highest BCUT2D eigenvalue weighted by molar-refractivity contribution is 7.92. The molecule has 13 heteroatoms. The first kappa shape index (κ1) is 27.2. The summed E-state index contributed by atoms with van der Waals surface area (Å²) in [6.45, 7) is 1.43. The fourth-order valence-electron chi connectivity index (χ4n) is 3.83. The number of fused-ring (bicyclic) bond motifs is 1. The number of pyridine rings is 1. The smallest absolute Gasteiger partial charge is 0.265 e. The highest BCUT2D eigenvalue weighted by Gasteiger charge is 2.36. The Labute approximate surface area is 229 Å². The number of amides is 2. The SMILES string of the molecule is C[C@H](N)C(=O)N[C@@H]1Cc2ccc(NC(=O)c3c(Cl)cccc3Cl)nc2N(S(=O)(=O)c2cccc(Cl)c2)C1. The number of rotatable bonds is 6. The van der Waals surface area contributed by atoms with E-state index in [1.807, 2.05) is 0 Å². The lowest BCUT2D eigenvalue weighted by Gasteiger charge is -2.35. The number of hydrogen-bond acceptors (Lipinski definition) is 6. The van der Waals surface area contributed by atoms with Gasteiger partial charge in [0.05, 0.1) is 39.1 Å². The van der Waals surface area contributed by atoms with Gasteiger partial charge in [0, 0.05) is 5.02 Å². The Bertz CT molecular complexity index is 1460. The molecule has 2 aromatic carbocycles. The van der Waals surface area contributed by atoms with Gasteiger partial charge in [0.2, 0.25) is 5.91 Å². The molecule has 0 bridgehead atoms. The van der Waals surface area contributed by atoms with Crippen LogP contribution in [-0.2, 0) is 21.2 Å². The van der Waals surface area contributed by atoms with Crippen molar-refractivity contribution in [1.82, 2.24) is 10.3 Å². The third-order valence-corrected chi connectivity index (χ3v) is 8.24. The van der Waals surface area contributed by atoms with E-state index in [9.17, 15) is 18.0 Å². The van der Waals surface area contributed by atoms with Crippen LogP contribution in [0.4, 0.5) is 11.6 Å². The van der Waals surface area contributed by atoms with Crippen molar-refractivity contribution in [1.29, 1.82) is 0 Å². The van der Waals surface area contributed by atoms with Gasteiger partial charge in [0.1, 0.15) is 11.6 Å². The van der Waals surface area contributed by atoms with Crippen LogP contribution < -0.4 is 20.7 Å². The molecule has 0 saturated carbocycles. The number of hydrogen-bond donors (Lipinski definition) is 3. The van der Waals surface area contributed by atoms with Crippen LogP contribution in [0.3, 0.4) is 0 Å². The number of carbonyl (C=O) groups is 2. The predicted octanol–water partition coefficient (Wildman–Crippen LogP) is 3.88. The van der Waals surface area contributed by atoms with E-state index in [4.69, 9.17) is 40.5 Å². The van der Waals surface area contributed by atoms with Crippen molar-refractivity contribution in [3.8, 4) is 0 Å². The monoisotopic (exact) mass is 581 g/mol. The lowest BCUT2D eigenvalue weighted by Crippen LogP contribution is -2.53. The molecule has 0 unspecified atom stereocenters. The van der Waals surface area contributed by atoms with Gasteiger partial charge in [-0.05, 0) is 55.3 Å². The standard InChI is InChI=1S/C24H22Cl3N5O4S/c1-13(28)23(33)29-16-10-14-8-9-20(31-24(34)21-18(26)6-3-7-19(21)27)30-22(14)32(12-16)37(35,36)17-5-2-4-15(25)11-17/h2-9,11,13,16H,10,12,28H2,1H3,(H,29,33)(H,30,31,34)/t13-,16+/m0/s1. The zero-order chi connectivity index (χ0) is 26.9. The van der Waals surface area contributed by atoms with E-state index in [1.54, 1.807) is 18.2 Å². The second-order valence-corrected chi connectivity index (χ2v) is 11.5. The van der Waals surface area contributed by atoms with Gasteiger partial charge in [0.25, 0.3) is 15.9 Å². The molecule has 9 nitrogen and oxygen atoms in total. The van der Waals surface area contributed by atoms with E-state index in [1.165, 1.54) is 43.3 Å². The molecule has 1 aromatic heterocycles. The first-order chi connectivity index (χ1) is 17.5. The van der Waals surface area contributed by atoms with Crippen molar-refractivity contribution in [2.75, 3.05) is 16.2 Å². The van der Waals surface area contributed by atoms with Crippen LogP contribution >= 0.6 is 34.8 Å². The van der Waals surface area contributed by atoms with Crippen molar-refractivity contribution in [3.63, 3.8) is 0 Å². The van der Waals surface area contributed by atoms with Gasteiger partial charge in [-0.15, -0.1) is 0 Å². The Morgan fingerprint density at radius 2 is 1.76 bits per heavy atom. The maximum atomic E-state index is 13.7. The molecular formula is C24H22Cl3N5O4S. The molecule has 4 rings (SSSR count). The number of benzene rings is 2. The molecule has 0 spiro atoms. The molecule has 0 fully saturated rings. The van der Waals surface area contributed by atoms with Gasteiger partial charge in [-0.2, -0.15) is 0 Å². The zero-order valence-corrected chi connectivity index (χ0v) is 22.5. The number of nitrogens with one attached hydrogen (secondary N) is 2. The summed E-state index contributed by atoms with van der Waals surface area (Å²) in [4.78, 5) is 29.5. The molecule has 2 heterocycles. The van der Waals surface area contributed by atoms with Crippen molar-refractivity contribution < 1.29 is 18.0 Å². The number of carbonyl (C=O) groups excluding carboxylic acids is 2. The lowest BCUT2D eigenvalue weighted by molar-refractivity contribution is -0.122. The van der Waals surface area contributed by atoms with E-state index in [2.05, 4.69) is 15.6 Å². The highest BCUT2D eigenvalue weighted by atomic mass is 35.5. The van der Waals surface area contributed by atoms with Gasteiger partial charge >= 0.3 is 0 Å². The van der Waals surface area contributed by atoms with Gasteiger partial charge in [-0.25, -0.2) is 17.7 Å². The minimum absolute atomic E-state index is 0.0517. The first-order valence-electron chi connectivity index (χ1n) is 11.1. The molecular weight excluding hydrogens is 561 g/mol. The van der Waals surface area contributed by atoms with Crippen LogP contribution in [0, 0.1) is 0 Å². The second kappa shape index (κ2) is 10.8. The van der Waals surface area contributed by atoms with Crippen LogP contribution in [-0.4, -0.2) is 43.8 Å². The van der Waals surface area contributed by atoms with Crippen molar-refractivity contribution in [2.24, 2.45) is 5.73 Å². The maximum absolute atomic E-state index is 13.7. The number of aromatic nitrogens is 1. The summed E-state index contributed by atoms with van der Waals surface area (Å²) >= 11 is 18.3. The third kappa shape index (κ3) is 5.83. The summed E-state index contributed by atoms with van der Waals surface area (Å²) in [6, 6.07) is 12.3. The third-order valence-electron chi connectivity index (χ3n) is 5.62. The topological polar surface area (TPSA) is 134 Å². The summed E-state index contributed by atoms with van der Waals surface area (Å²) in [5, 5.41) is 5.95. The molecule has 0 radical (unpaired) electrons. The lowest BCUT2D eigenvalue weighted by atomic mass is 10.0. The fraction of sp³-hybridized carbons (Fsp3) is 0.208. The number of nitrogens with two attached hydrogens (primary N) is 1. The van der Waals surface area contributed by atoms with Crippen LogP contribution in [0.25, 0.3) is 0 Å². The average Bonchev–Trinajstić information content (AvgIpc) is 2.83. The zero-order valence-electron chi connectivity index (χ0n) is 19.4. The molecule has 2 atom stereocenters. The molecule has 37 heavy (non-hydrogen) atoms. The van der Waals surface area contributed by atoms with Crippen molar-refractivity contribution >= 4 is 68.3 Å². The minimum atomic E-state index is -4.15. The molecule has 4 N–H and O–H groups in total. The van der Waals surface area contributed by atoms with Crippen molar-refractivity contribution in [2.45, 2.75) is 30.3 Å². The Morgan fingerprint density at radius 1 is 1.08 bits per heavy atom. The van der Waals surface area contributed by atoms with E-state index in [0.717, 1.165) is 4.31 Å². The highest BCUT2D eigenvalue weighted by Crippen LogP contribution is 2.33. The molecule has 1 aliphatic rings. The molecule has 0 saturated heterocycles. The van der Waals surface area contributed by atoms with Crippen LogP contribution in [0.1, 0.15) is 22.8 Å². The fourth-order valence-corrected chi connectivity index (χ4v) is 6.20. The molecule has 3 aromatic rings. The van der Waals surface area contributed by atoms with Crippen molar-refractivity contribution in [3.05, 3.63) is 80.8 Å². The number of anilines is 2. The summed E-state index contributed by atoms with van der Waals surface area (Å²) in [5.41, 5.74) is 6.29. The quantitative estimate of drug-likeness (QED) is 0.404. The van der Waals surface area contributed by atoms with Gasteiger partial charge in [-0.1, -0.05) is 53.0 Å². The molecule has 1 aliphatic heterocycles. The number of nitrogens with zero attached hydrogens (tertiary/aromatic N) is 2. The summed E-state index contributed by atoms with van der Waals surface area (Å²) < 4.78 is 28.4. The van der Waals surface area contributed by atoms with E-state index in [-0.39, 0.29) is 43.7 Å². The van der Waals surface area contributed by atoms with Crippen LogP contribution in [0.15, 0.2) is 59.5 Å².